The molecule has 0 aromatic heterocycles. The van der Waals surface area contributed by atoms with Gasteiger partial charge in [-0.15, -0.1) is 0 Å². The first-order chi connectivity index (χ1) is 9.92. The molecule has 0 bridgehead atoms. The second kappa shape index (κ2) is 6.78. The molecule has 0 aliphatic carbocycles. The highest BCUT2D eigenvalue weighted by Gasteiger charge is 2.14. The van der Waals surface area contributed by atoms with Gasteiger partial charge < -0.3 is 5.32 Å². The second-order valence-electron chi connectivity index (χ2n) is 5.26. The number of aryl methyl sites for hydroxylation is 2. The number of halogens is 3. The summed E-state index contributed by atoms with van der Waals surface area (Å²) >= 11 is 12.0. The van der Waals surface area contributed by atoms with E-state index in [9.17, 15) is 4.39 Å². The predicted molar refractivity (Wildman–Crippen MR) is 87.8 cm³/mol. The Morgan fingerprint density at radius 1 is 1.05 bits per heavy atom. The van der Waals surface area contributed by atoms with E-state index in [1.165, 1.54) is 0 Å². The fourth-order valence-corrected chi connectivity index (χ4v) is 2.79. The van der Waals surface area contributed by atoms with Crippen LogP contribution in [-0.2, 0) is 6.42 Å². The van der Waals surface area contributed by atoms with Gasteiger partial charge >= 0.3 is 0 Å². The van der Waals surface area contributed by atoms with Crippen molar-refractivity contribution in [2.75, 3.05) is 7.05 Å². The standard InChI is InChI=1S/C17H18Cl2FN/c1-10-6-13(7-11(2)17(10)20)16(21-3)9-12-4-5-14(18)15(19)8-12/h4-8,16,21H,9H2,1-3H3. The molecule has 0 radical (unpaired) electrons. The molecule has 112 valence electrons. The third-order valence-electron chi connectivity index (χ3n) is 3.63. The van der Waals surface area contributed by atoms with Gasteiger partial charge in [0.05, 0.1) is 10.0 Å². The van der Waals surface area contributed by atoms with Crippen molar-refractivity contribution in [2.24, 2.45) is 0 Å². The third-order valence-corrected chi connectivity index (χ3v) is 4.37. The second-order valence-corrected chi connectivity index (χ2v) is 6.08. The van der Waals surface area contributed by atoms with Crippen LogP contribution in [0.4, 0.5) is 4.39 Å². The van der Waals surface area contributed by atoms with Gasteiger partial charge in [-0.05, 0) is 61.7 Å². The zero-order valence-electron chi connectivity index (χ0n) is 12.3. The Balaban J connectivity index is 2.29. The first kappa shape index (κ1) is 16.3. The SMILES string of the molecule is CNC(Cc1ccc(Cl)c(Cl)c1)c1cc(C)c(F)c(C)c1. The number of hydrogen-bond acceptors (Lipinski definition) is 1. The Hall–Kier alpha value is -1.09. The minimum absolute atomic E-state index is 0.0974. The highest BCUT2D eigenvalue weighted by Crippen LogP contribution is 2.27. The van der Waals surface area contributed by atoms with E-state index in [1.54, 1.807) is 19.9 Å². The van der Waals surface area contributed by atoms with E-state index < -0.39 is 0 Å². The summed E-state index contributed by atoms with van der Waals surface area (Å²) in [5.74, 6) is -0.136. The Kier molecular flexibility index (Phi) is 5.26. The molecular weight excluding hydrogens is 308 g/mol. The maximum Gasteiger partial charge on any atom is 0.129 e. The fraction of sp³-hybridized carbons (Fsp3) is 0.294. The zero-order chi connectivity index (χ0) is 15.6. The molecule has 21 heavy (non-hydrogen) atoms. The van der Waals surface area contributed by atoms with Crippen LogP contribution in [0.5, 0.6) is 0 Å². The van der Waals surface area contributed by atoms with Crippen LogP contribution >= 0.6 is 23.2 Å². The Morgan fingerprint density at radius 2 is 1.67 bits per heavy atom. The first-order valence-corrected chi connectivity index (χ1v) is 7.55. The minimum Gasteiger partial charge on any atom is -0.313 e. The smallest absolute Gasteiger partial charge is 0.129 e. The van der Waals surface area contributed by atoms with Crippen LogP contribution in [0, 0.1) is 19.7 Å². The van der Waals surface area contributed by atoms with Crippen molar-refractivity contribution in [3.63, 3.8) is 0 Å². The summed E-state index contributed by atoms with van der Waals surface area (Å²) in [7, 11) is 1.90. The minimum atomic E-state index is -0.136. The van der Waals surface area contributed by atoms with Gasteiger partial charge in [-0.1, -0.05) is 41.4 Å². The van der Waals surface area contributed by atoms with Crippen molar-refractivity contribution in [1.82, 2.24) is 5.32 Å². The first-order valence-electron chi connectivity index (χ1n) is 6.80. The Bertz CT molecular complexity index is 632. The summed E-state index contributed by atoms with van der Waals surface area (Å²) < 4.78 is 13.7. The molecular formula is C17H18Cl2FN. The summed E-state index contributed by atoms with van der Waals surface area (Å²) in [6.07, 6.45) is 0.762. The molecule has 1 unspecified atom stereocenters. The molecule has 1 nitrogen and oxygen atoms in total. The van der Waals surface area contributed by atoms with E-state index in [4.69, 9.17) is 23.2 Å². The van der Waals surface area contributed by atoms with Crippen LogP contribution in [0.1, 0.15) is 28.3 Å². The lowest BCUT2D eigenvalue weighted by Crippen LogP contribution is -2.19. The maximum absolute atomic E-state index is 13.7. The zero-order valence-corrected chi connectivity index (χ0v) is 13.8. The number of hydrogen-bond donors (Lipinski definition) is 1. The third kappa shape index (κ3) is 3.76. The summed E-state index contributed by atoms with van der Waals surface area (Å²) in [6.45, 7) is 3.58. The summed E-state index contributed by atoms with van der Waals surface area (Å²) in [5, 5.41) is 4.38. The quantitative estimate of drug-likeness (QED) is 0.809. The van der Waals surface area contributed by atoms with Crippen molar-refractivity contribution in [3.8, 4) is 0 Å². The fourth-order valence-electron chi connectivity index (χ4n) is 2.47. The van der Waals surface area contributed by atoms with Gasteiger partial charge in [0.2, 0.25) is 0 Å². The van der Waals surface area contributed by atoms with E-state index >= 15 is 0 Å². The van der Waals surface area contributed by atoms with E-state index in [0.717, 1.165) is 17.5 Å². The van der Waals surface area contributed by atoms with Gasteiger partial charge in [-0.2, -0.15) is 0 Å². The molecule has 0 aliphatic heterocycles. The average Bonchev–Trinajstić information content (AvgIpc) is 2.45. The number of benzene rings is 2. The molecule has 0 saturated carbocycles. The highest BCUT2D eigenvalue weighted by molar-refractivity contribution is 6.42. The summed E-state index contributed by atoms with van der Waals surface area (Å²) in [6, 6.07) is 9.51. The van der Waals surface area contributed by atoms with Gasteiger partial charge in [-0.3, -0.25) is 0 Å². The van der Waals surface area contributed by atoms with E-state index in [1.807, 2.05) is 31.3 Å². The molecule has 0 heterocycles. The van der Waals surface area contributed by atoms with Gasteiger partial charge in [-0.25, -0.2) is 4.39 Å². The Labute approximate surface area is 135 Å². The maximum atomic E-state index is 13.7. The van der Waals surface area contributed by atoms with Crippen molar-refractivity contribution < 1.29 is 4.39 Å². The highest BCUT2D eigenvalue weighted by atomic mass is 35.5. The van der Waals surface area contributed by atoms with Crippen LogP contribution in [0.25, 0.3) is 0 Å². The lowest BCUT2D eigenvalue weighted by Gasteiger charge is -2.19. The van der Waals surface area contributed by atoms with E-state index in [0.29, 0.717) is 21.2 Å². The van der Waals surface area contributed by atoms with Gasteiger partial charge in [0, 0.05) is 6.04 Å². The van der Waals surface area contributed by atoms with E-state index in [2.05, 4.69) is 5.32 Å². The molecule has 4 heteroatoms. The summed E-state index contributed by atoms with van der Waals surface area (Å²) in [4.78, 5) is 0. The van der Waals surface area contributed by atoms with Crippen molar-refractivity contribution in [2.45, 2.75) is 26.3 Å². The molecule has 1 atom stereocenters. The van der Waals surface area contributed by atoms with Crippen molar-refractivity contribution >= 4 is 23.2 Å². The molecule has 2 rings (SSSR count). The predicted octanol–water partition coefficient (Wildman–Crippen LogP) is 5.25. The molecule has 1 N–H and O–H groups in total. The van der Waals surface area contributed by atoms with Gasteiger partial charge in [0.15, 0.2) is 0 Å². The number of rotatable bonds is 4. The largest absolute Gasteiger partial charge is 0.313 e. The summed E-state index contributed by atoms with van der Waals surface area (Å²) in [5.41, 5.74) is 3.49. The van der Waals surface area contributed by atoms with Crippen LogP contribution in [0.3, 0.4) is 0 Å². The Morgan fingerprint density at radius 3 is 2.19 bits per heavy atom. The molecule has 2 aromatic carbocycles. The van der Waals surface area contributed by atoms with Crippen molar-refractivity contribution in [3.05, 3.63) is 68.4 Å². The molecule has 0 fully saturated rings. The molecule has 2 aromatic rings. The number of likely N-dealkylation sites (N-methyl/N-ethyl adjacent to an activating group) is 1. The van der Waals surface area contributed by atoms with Crippen LogP contribution in [0.2, 0.25) is 10.0 Å². The molecule has 0 spiro atoms. The van der Waals surface area contributed by atoms with Gasteiger partial charge in [0.1, 0.15) is 5.82 Å². The topological polar surface area (TPSA) is 12.0 Å². The normalized spacial score (nSPS) is 12.5. The molecule has 0 saturated heterocycles. The molecule has 0 amide bonds. The monoisotopic (exact) mass is 325 g/mol. The van der Waals surface area contributed by atoms with Crippen LogP contribution < -0.4 is 5.32 Å². The molecule has 0 aliphatic rings. The van der Waals surface area contributed by atoms with Crippen LogP contribution in [-0.4, -0.2) is 7.05 Å². The lowest BCUT2D eigenvalue weighted by molar-refractivity contribution is 0.579. The van der Waals surface area contributed by atoms with E-state index in [-0.39, 0.29) is 11.9 Å². The number of nitrogens with one attached hydrogen (secondary N) is 1. The van der Waals surface area contributed by atoms with Gasteiger partial charge in [0.25, 0.3) is 0 Å². The van der Waals surface area contributed by atoms with Crippen LogP contribution in [0.15, 0.2) is 30.3 Å². The van der Waals surface area contributed by atoms with Crippen molar-refractivity contribution in [1.29, 1.82) is 0 Å². The lowest BCUT2D eigenvalue weighted by atomic mass is 9.95. The average molecular weight is 326 g/mol.